The zero-order chi connectivity index (χ0) is 17.7. The lowest BCUT2D eigenvalue weighted by molar-refractivity contribution is 0.186. The Balaban J connectivity index is 1.63. The molecule has 1 aliphatic carbocycles. The van der Waals surface area contributed by atoms with Crippen molar-refractivity contribution < 1.29 is 0 Å². The standard InChI is InChI=1S/C23H29NS/c1-16-9-8-12-19-21(16)24-20-15-23(4,14-13-18(20)22(19,2)3)25-17-10-6-5-7-11-17/h5-12,18,20,24H,13-15H2,1-4H3/t18-,20+,23+/m1/s1. The first kappa shape index (κ1) is 17.0. The molecule has 2 heteroatoms. The highest BCUT2D eigenvalue weighted by Crippen LogP contribution is 2.54. The van der Waals surface area contributed by atoms with E-state index in [-0.39, 0.29) is 5.41 Å². The van der Waals surface area contributed by atoms with Crippen LogP contribution in [0.4, 0.5) is 5.69 Å². The number of rotatable bonds is 2. The fourth-order valence-corrected chi connectivity index (χ4v) is 6.38. The highest BCUT2D eigenvalue weighted by Gasteiger charge is 2.48. The first-order valence-corrected chi connectivity index (χ1v) is 10.3. The SMILES string of the molecule is Cc1cccc2c1N[C@H]1C[C@@](C)(Sc3ccccc3)CC[C@H]1C2(C)C. The van der Waals surface area contributed by atoms with Crippen molar-refractivity contribution in [2.24, 2.45) is 5.92 Å². The Morgan fingerprint density at radius 2 is 1.76 bits per heavy atom. The molecule has 0 spiro atoms. The highest BCUT2D eigenvalue weighted by molar-refractivity contribution is 8.00. The fourth-order valence-electron chi connectivity index (χ4n) is 5.03. The lowest BCUT2D eigenvalue weighted by Gasteiger charge is -2.53. The topological polar surface area (TPSA) is 12.0 Å². The Morgan fingerprint density at radius 3 is 2.52 bits per heavy atom. The molecule has 132 valence electrons. The smallest absolute Gasteiger partial charge is 0.0410 e. The summed E-state index contributed by atoms with van der Waals surface area (Å²) in [6.45, 7) is 9.61. The molecule has 25 heavy (non-hydrogen) atoms. The number of para-hydroxylation sites is 1. The van der Waals surface area contributed by atoms with Crippen molar-refractivity contribution in [3.05, 3.63) is 59.7 Å². The second kappa shape index (κ2) is 6.09. The minimum atomic E-state index is 0.246. The zero-order valence-corrected chi connectivity index (χ0v) is 16.6. The average molecular weight is 352 g/mol. The number of aryl methyl sites for hydroxylation is 1. The summed E-state index contributed by atoms with van der Waals surface area (Å²) in [5.74, 6) is 0.714. The van der Waals surface area contributed by atoms with Gasteiger partial charge in [0.15, 0.2) is 0 Å². The molecule has 0 unspecified atom stereocenters. The van der Waals surface area contributed by atoms with E-state index in [1.54, 1.807) is 0 Å². The normalized spacial score (nSPS) is 30.1. The van der Waals surface area contributed by atoms with E-state index in [1.807, 2.05) is 0 Å². The van der Waals surface area contributed by atoms with E-state index < -0.39 is 0 Å². The Labute approximate surface area is 156 Å². The van der Waals surface area contributed by atoms with Crippen LogP contribution in [0.2, 0.25) is 0 Å². The monoisotopic (exact) mass is 351 g/mol. The molecule has 0 radical (unpaired) electrons. The van der Waals surface area contributed by atoms with Gasteiger partial charge in [-0.15, -0.1) is 11.8 Å². The Morgan fingerprint density at radius 1 is 1.00 bits per heavy atom. The molecule has 2 aromatic carbocycles. The van der Waals surface area contributed by atoms with Gasteiger partial charge in [0, 0.05) is 21.4 Å². The van der Waals surface area contributed by atoms with Crippen molar-refractivity contribution in [3.8, 4) is 0 Å². The number of thioether (sulfide) groups is 1. The summed E-state index contributed by atoms with van der Waals surface area (Å²) in [7, 11) is 0. The van der Waals surface area contributed by atoms with Crippen LogP contribution in [0.25, 0.3) is 0 Å². The predicted molar refractivity (Wildman–Crippen MR) is 110 cm³/mol. The van der Waals surface area contributed by atoms with Gasteiger partial charge < -0.3 is 5.32 Å². The van der Waals surface area contributed by atoms with Crippen LogP contribution >= 0.6 is 11.8 Å². The van der Waals surface area contributed by atoms with E-state index in [9.17, 15) is 0 Å². The maximum Gasteiger partial charge on any atom is 0.0410 e. The number of hydrogen-bond donors (Lipinski definition) is 1. The summed E-state index contributed by atoms with van der Waals surface area (Å²) in [4.78, 5) is 1.40. The zero-order valence-electron chi connectivity index (χ0n) is 15.8. The molecule has 1 heterocycles. The Hall–Kier alpha value is -1.41. The molecule has 0 bridgehead atoms. The van der Waals surface area contributed by atoms with E-state index in [0.29, 0.717) is 16.7 Å². The van der Waals surface area contributed by atoms with Gasteiger partial charge in [-0.3, -0.25) is 0 Å². The van der Waals surface area contributed by atoms with Gasteiger partial charge in [0.1, 0.15) is 0 Å². The molecule has 0 amide bonds. The highest BCUT2D eigenvalue weighted by atomic mass is 32.2. The summed E-state index contributed by atoms with van der Waals surface area (Å²) in [5, 5.41) is 3.95. The van der Waals surface area contributed by atoms with Crippen LogP contribution in [0.5, 0.6) is 0 Å². The first-order valence-electron chi connectivity index (χ1n) is 9.50. The summed E-state index contributed by atoms with van der Waals surface area (Å²) < 4.78 is 0.311. The molecule has 1 N–H and O–H groups in total. The summed E-state index contributed by atoms with van der Waals surface area (Å²) in [5.41, 5.74) is 4.53. The van der Waals surface area contributed by atoms with Gasteiger partial charge in [-0.1, -0.05) is 57.2 Å². The van der Waals surface area contributed by atoms with Gasteiger partial charge in [-0.05, 0) is 60.8 Å². The molecule has 2 aliphatic rings. The van der Waals surface area contributed by atoms with Crippen LogP contribution in [0, 0.1) is 12.8 Å². The van der Waals surface area contributed by atoms with Crippen molar-refractivity contribution in [1.29, 1.82) is 0 Å². The minimum Gasteiger partial charge on any atom is -0.381 e. The van der Waals surface area contributed by atoms with Crippen LogP contribution in [0.15, 0.2) is 53.4 Å². The molecule has 1 aliphatic heterocycles. The average Bonchev–Trinajstić information content (AvgIpc) is 2.56. The van der Waals surface area contributed by atoms with Crippen molar-refractivity contribution >= 4 is 17.4 Å². The summed E-state index contributed by atoms with van der Waals surface area (Å²) in [6.07, 6.45) is 3.82. The van der Waals surface area contributed by atoms with E-state index in [0.717, 1.165) is 0 Å². The van der Waals surface area contributed by atoms with Crippen molar-refractivity contribution in [3.63, 3.8) is 0 Å². The Bertz CT molecular complexity index is 767. The fraction of sp³-hybridized carbons (Fsp3) is 0.478. The molecule has 4 rings (SSSR count). The molecule has 1 fully saturated rings. The van der Waals surface area contributed by atoms with Crippen molar-refractivity contribution in [2.45, 2.75) is 68.1 Å². The lowest BCUT2D eigenvalue weighted by atomic mass is 9.61. The van der Waals surface area contributed by atoms with Gasteiger partial charge in [0.05, 0.1) is 0 Å². The summed E-state index contributed by atoms with van der Waals surface area (Å²) >= 11 is 2.07. The van der Waals surface area contributed by atoms with Crippen LogP contribution in [-0.4, -0.2) is 10.8 Å². The third-order valence-corrected chi connectivity index (χ3v) is 7.82. The Kier molecular flexibility index (Phi) is 4.15. The molecule has 2 aromatic rings. The van der Waals surface area contributed by atoms with Crippen LogP contribution in [-0.2, 0) is 5.41 Å². The molecule has 3 atom stereocenters. The molecular formula is C23H29NS. The van der Waals surface area contributed by atoms with Crippen LogP contribution in [0.3, 0.4) is 0 Å². The van der Waals surface area contributed by atoms with E-state index >= 15 is 0 Å². The van der Waals surface area contributed by atoms with Crippen LogP contribution < -0.4 is 5.32 Å². The minimum absolute atomic E-state index is 0.246. The molecule has 1 saturated carbocycles. The van der Waals surface area contributed by atoms with Gasteiger partial charge in [0.25, 0.3) is 0 Å². The molecule has 0 aromatic heterocycles. The van der Waals surface area contributed by atoms with E-state index in [2.05, 4.69) is 93.3 Å². The third kappa shape index (κ3) is 2.99. The molecular weight excluding hydrogens is 322 g/mol. The molecule has 0 saturated heterocycles. The predicted octanol–water partition coefficient (Wildman–Crippen LogP) is 6.42. The van der Waals surface area contributed by atoms with E-state index in [1.165, 1.54) is 41.0 Å². The number of nitrogens with one attached hydrogen (secondary N) is 1. The third-order valence-electron chi connectivity index (χ3n) is 6.45. The van der Waals surface area contributed by atoms with Gasteiger partial charge in [-0.25, -0.2) is 0 Å². The van der Waals surface area contributed by atoms with Gasteiger partial charge >= 0.3 is 0 Å². The van der Waals surface area contributed by atoms with Crippen molar-refractivity contribution in [1.82, 2.24) is 0 Å². The first-order chi connectivity index (χ1) is 11.9. The second-order valence-electron chi connectivity index (χ2n) is 8.68. The van der Waals surface area contributed by atoms with E-state index in [4.69, 9.17) is 0 Å². The quantitative estimate of drug-likeness (QED) is 0.670. The maximum atomic E-state index is 3.95. The van der Waals surface area contributed by atoms with Crippen molar-refractivity contribution in [2.75, 3.05) is 5.32 Å². The number of benzene rings is 2. The number of fused-ring (bicyclic) bond motifs is 2. The lowest BCUT2D eigenvalue weighted by Crippen LogP contribution is -2.52. The van der Waals surface area contributed by atoms with Crippen LogP contribution in [0.1, 0.15) is 51.2 Å². The maximum absolute atomic E-state index is 3.95. The van der Waals surface area contributed by atoms with Gasteiger partial charge in [0.2, 0.25) is 0 Å². The van der Waals surface area contributed by atoms with Gasteiger partial charge in [-0.2, -0.15) is 0 Å². The second-order valence-corrected chi connectivity index (χ2v) is 10.3. The molecule has 1 nitrogen and oxygen atoms in total. The summed E-state index contributed by atoms with van der Waals surface area (Å²) in [6, 6.07) is 18.3. The largest absolute Gasteiger partial charge is 0.381 e. The number of anilines is 1. The number of hydrogen-bond acceptors (Lipinski definition) is 2.